The quantitative estimate of drug-likeness (QED) is 0.892. The van der Waals surface area contributed by atoms with Crippen LogP contribution in [0.4, 0.5) is 4.39 Å². The number of carbonyl (C=O) groups excluding carboxylic acids is 1. The highest BCUT2D eigenvalue weighted by molar-refractivity contribution is 5.89. The first-order valence-electron chi connectivity index (χ1n) is 7.37. The van der Waals surface area contributed by atoms with Gasteiger partial charge in [0, 0.05) is 0 Å². The SMILES string of the molecule is O=C(NC(CO)c1ccco1)C1(c2ccc(F)cc2)CCC1. The van der Waals surface area contributed by atoms with E-state index in [0.29, 0.717) is 5.76 Å². The molecule has 116 valence electrons. The Morgan fingerprint density at radius 2 is 2.05 bits per heavy atom. The van der Waals surface area contributed by atoms with Crippen molar-refractivity contribution in [3.05, 3.63) is 59.8 Å². The van der Waals surface area contributed by atoms with Gasteiger partial charge in [-0.05, 0) is 42.7 Å². The van der Waals surface area contributed by atoms with Crippen LogP contribution >= 0.6 is 0 Å². The van der Waals surface area contributed by atoms with E-state index in [4.69, 9.17) is 4.42 Å². The number of rotatable bonds is 5. The van der Waals surface area contributed by atoms with Crippen LogP contribution in [-0.2, 0) is 10.2 Å². The van der Waals surface area contributed by atoms with Crippen LogP contribution in [0.1, 0.15) is 36.6 Å². The largest absolute Gasteiger partial charge is 0.467 e. The van der Waals surface area contributed by atoms with Crippen molar-refractivity contribution in [1.29, 1.82) is 0 Å². The van der Waals surface area contributed by atoms with E-state index in [9.17, 15) is 14.3 Å². The average Bonchev–Trinajstić information content (AvgIpc) is 2.99. The minimum absolute atomic E-state index is 0.152. The van der Waals surface area contributed by atoms with Crippen molar-refractivity contribution in [2.45, 2.75) is 30.7 Å². The molecule has 1 aliphatic rings. The van der Waals surface area contributed by atoms with Crippen LogP contribution in [0.2, 0.25) is 0 Å². The van der Waals surface area contributed by atoms with Gasteiger partial charge < -0.3 is 14.8 Å². The van der Waals surface area contributed by atoms with Gasteiger partial charge in [0.2, 0.25) is 5.91 Å². The first kappa shape index (κ1) is 14.8. The molecule has 22 heavy (non-hydrogen) atoms. The summed E-state index contributed by atoms with van der Waals surface area (Å²) in [6.07, 6.45) is 3.90. The fraction of sp³-hybridized carbons (Fsp3) is 0.353. The van der Waals surface area contributed by atoms with E-state index in [-0.39, 0.29) is 18.3 Å². The minimum Gasteiger partial charge on any atom is -0.467 e. The molecule has 5 heteroatoms. The lowest BCUT2D eigenvalue weighted by molar-refractivity contribution is -0.131. The zero-order valence-corrected chi connectivity index (χ0v) is 12.1. The molecule has 1 aromatic carbocycles. The van der Waals surface area contributed by atoms with Gasteiger partial charge in [-0.3, -0.25) is 4.79 Å². The van der Waals surface area contributed by atoms with E-state index in [1.54, 1.807) is 24.3 Å². The number of nitrogens with one attached hydrogen (secondary N) is 1. The number of carbonyl (C=O) groups is 1. The molecule has 0 bridgehead atoms. The molecule has 0 saturated heterocycles. The van der Waals surface area contributed by atoms with E-state index in [1.165, 1.54) is 18.4 Å². The lowest BCUT2D eigenvalue weighted by Crippen LogP contribution is -2.50. The number of halogens is 1. The Morgan fingerprint density at radius 1 is 1.32 bits per heavy atom. The Morgan fingerprint density at radius 3 is 2.55 bits per heavy atom. The van der Waals surface area contributed by atoms with E-state index in [2.05, 4.69) is 5.32 Å². The first-order chi connectivity index (χ1) is 10.7. The van der Waals surface area contributed by atoms with Crippen LogP contribution in [0.3, 0.4) is 0 Å². The third kappa shape index (κ3) is 2.52. The summed E-state index contributed by atoms with van der Waals surface area (Å²) in [4.78, 5) is 12.7. The maximum atomic E-state index is 13.1. The smallest absolute Gasteiger partial charge is 0.231 e. The van der Waals surface area contributed by atoms with Crippen LogP contribution in [0, 0.1) is 5.82 Å². The molecule has 1 fully saturated rings. The number of hydrogen-bond acceptors (Lipinski definition) is 3. The van der Waals surface area contributed by atoms with Crippen molar-refractivity contribution in [1.82, 2.24) is 5.32 Å². The molecule has 1 unspecified atom stereocenters. The molecule has 2 aromatic rings. The number of amides is 1. The number of aliphatic hydroxyl groups is 1. The second-order valence-corrected chi connectivity index (χ2v) is 5.67. The molecule has 4 nitrogen and oxygen atoms in total. The highest BCUT2D eigenvalue weighted by Gasteiger charge is 2.46. The van der Waals surface area contributed by atoms with Crippen LogP contribution in [0.25, 0.3) is 0 Å². The molecule has 2 N–H and O–H groups in total. The fourth-order valence-electron chi connectivity index (χ4n) is 2.94. The first-order valence-corrected chi connectivity index (χ1v) is 7.37. The second-order valence-electron chi connectivity index (χ2n) is 5.67. The Hall–Kier alpha value is -2.14. The fourth-order valence-corrected chi connectivity index (χ4v) is 2.94. The molecule has 1 atom stereocenters. The predicted octanol–water partition coefficient (Wildman–Crippen LogP) is 2.69. The molecule has 0 aliphatic heterocycles. The van der Waals surface area contributed by atoms with E-state index in [1.807, 2.05) is 0 Å². The lowest BCUT2D eigenvalue weighted by atomic mass is 9.63. The summed E-state index contributed by atoms with van der Waals surface area (Å²) >= 11 is 0. The molecule has 1 saturated carbocycles. The Labute approximate surface area is 128 Å². The normalized spacial score (nSPS) is 17.5. The molecular weight excluding hydrogens is 285 g/mol. The molecule has 1 aliphatic carbocycles. The third-order valence-corrected chi connectivity index (χ3v) is 4.41. The predicted molar refractivity (Wildman–Crippen MR) is 78.6 cm³/mol. The minimum atomic E-state index is -0.631. The van der Waals surface area contributed by atoms with Gasteiger partial charge in [0.1, 0.15) is 17.6 Å². The van der Waals surface area contributed by atoms with Gasteiger partial charge in [0.05, 0.1) is 18.3 Å². The Kier molecular flexibility index (Phi) is 3.98. The molecule has 1 heterocycles. The zero-order valence-electron chi connectivity index (χ0n) is 12.1. The molecule has 0 spiro atoms. The van der Waals surface area contributed by atoms with Crippen molar-refractivity contribution in [3.63, 3.8) is 0 Å². The molecule has 0 radical (unpaired) electrons. The maximum Gasteiger partial charge on any atom is 0.231 e. The lowest BCUT2D eigenvalue weighted by Gasteiger charge is -2.41. The van der Waals surface area contributed by atoms with Gasteiger partial charge in [-0.2, -0.15) is 0 Å². The summed E-state index contributed by atoms with van der Waals surface area (Å²) < 4.78 is 18.4. The standard InChI is InChI=1S/C17H18FNO3/c18-13-6-4-12(5-7-13)17(8-2-9-17)16(21)19-14(11-20)15-3-1-10-22-15/h1,3-7,10,14,20H,2,8-9,11H2,(H,19,21). The number of furan rings is 1. The summed E-state index contributed by atoms with van der Waals surface area (Å²) in [7, 11) is 0. The van der Waals surface area contributed by atoms with Gasteiger partial charge in [0.15, 0.2) is 0 Å². The van der Waals surface area contributed by atoms with E-state index < -0.39 is 11.5 Å². The third-order valence-electron chi connectivity index (χ3n) is 4.41. The van der Waals surface area contributed by atoms with Crippen molar-refractivity contribution in [3.8, 4) is 0 Å². The van der Waals surface area contributed by atoms with Gasteiger partial charge in [-0.1, -0.05) is 18.6 Å². The van der Waals surface area contributed by atoms with E-state index >= 15 is 0 Å². The van der Waals surface area contributed by atoms with Gasteiger partial charge in [-0.25, -0.2) is 4.39 Å². The van der Waals surface area contributed by atoms with Gasteiger partial charge in [0.25, 0.3) is 0 Å². The molecule has 1 aromatic heterocycles. The number of hydrogen-bond donors (Lipinski definition) is 2. The second kappa shape index (κ2) is 5.93. The summed E-state index contributed by atoms with van der Waals surface area (Å²) in [5, 5.41) is 12.3. The maximum absolute atomic E-state index is 13.1. The molecule has 3 rings (SSSR count). The Balaban J connectivity index is 1.81. The van der Waals surface area contributed by atoms with Crippen LogP contribution < -0.4 is 5.32 Å². The summed E-state index contributed by atoms with van der Waals surface area (Å²) in [5.74, 6) is 0.0488. The van der Waals surface area contributed by atoms with Gasteiger partial charge in [-0.15, -0.1) is 0 Å². The van der Waals surface area contributed by atoms with Crippen LogP contribution in [-0.4, -0.2) is 17.6 Å². The van der Waals surface area contributed by atoms with Crippen molar-refractivity contribution in [2.24, 2.45) is 0 Å². The monoisotopic (exact) mass is 303 g/mol. The van der Waals surface area contributed by atoms with Gasteiger partial charge >= 0.3 is 0 Å². The van der Waals surface area contributed by atoms with Crippen LogP contribution in [0.15, 0.2) is 47.1 Å². The highest BCUT2D eigenvalue weighted by Crippen LogP contribution is 2.44. The Bertz CT molecular complexity index is 632. The number of benzene rings is 1. The number of aliphatic hydroxyl groups excluding tert-OH is 1. The van der Waals surface area contributed by atoms with Crippen molar-refractivity contribution < 1.29 is 18.7 Å². The van der Waals surface area contributed by atoms with Crippen molar-refractivity contribution in [2.75, 3.05) is 6.61 Å². The summed E-state index contributed by atoms with van der Waals surface area (Å²) in [6.45, 7) is -0.237. The molecule has 1 amide bonds. The zero-order chi connectivity index (χ0) is 15.6. The average molecular weight is 303 g/mol. The van der Waals surface area contributed by atoms with E-state index in [0.717, 1.165) is 24.8 Å². The molecular formula is C17H18FNO3. The summed E-state index contributed by atoms with van der Waals surface area (Å²) in [5.41, 5.74) is 0.182. The van der Waals surface area contributed by atoms with Crippen LogP contribution in [0.5, 0.6) is 0 Å². The topological polar surface area (TPSA) is 62.5 Å². The summed E-state index contributed by atoms with van der Waals surface area (Å²) in [6, 6.07) is 8.93. The highest BCUT2D eigenvalue weighted by atomic mass is 19.1. The van der Waals surface area contributed by atoms with Crippen molar-refractivity contribution >= 4 is 5.91 Å².